The fourth-order valence-electron chi connectivity index (χ4n) is 3.43. The van der Waals surface area contributed by atoms with Crippen molar-refractivity contribution in [1.29, 1.82) is 0 Å². The van der Waals surface area contributed by atoms with Crippen molar-refractivity contribution in [3.63, 3.8) is 0 Å². The molecule has 16 heteroatoms. The zero-order chi connectivity index (χ0) is 27.2. The van der Waals surface area contributed by atoms with Gasteiger partial charge in [0.25, 0.3) is 5.91 Å². The predicted octanol–water partition coefficient (Wildman–Crippen LogP) is 7.24. The van der Waals surface area contributed by atoms with Crippen LogP contribution in [0.1, 0.15) is 27.9 Å². The van der Waals surface area contributed by atoms with Gasteiger partial charge in [0.1, 0.15) is 15.9 Å². The third-order valence-electron chi connectivity index (χ3n) is 5.29. The van der Waals surface area contributed by atoms with E-state index in [0.29, 0.717) is 5.56 Å². The van der Waals surface area contributed by atoms with Crippen LogP contribution >= 0.6 is 45.9 Å². The summed E-state index contributed by atoms with van der Waals surface area (Å²) in [5.41, 5.74) is -1.53. The molecule has 0 fully saturated rings. The van der Waals surface area contributed by atoms with Crippen molar-refractivity contribution in [2.75, 3.05) is 0 Å². The second-order valence-electron chi connectivity index (χ2n) is 7.79. The number of carbonyl (C=O) groups excluding carboxylic acids is 1. The molecular weight excluding hydrogens is 588 g/mol. The lowest BCUT2D eigenvalue weighted by molar-refractivity contribution is -0.244. The summed E-state index contributed by atoms with van der Waals surface area (Å²) in [5, 5.41) is -0.700. The molecule has 3 unspecified atom stereocenters. The van der Waals surface area contributed by atoms with E-state index in [4.69, 9.17) is 39.0 Å². The molecule has 1 N–H and O–H groups in total. The molecule has 0 saturated carbocycles. The summed E-state index contributed by atoms with van der Waals surface area (Å²) in [5.74, 6) is -1.55. The second kappa shape index (κ2) is 10.0. The third-order valence-corrected chi connectivity index (χ3v) is 7.60. The van der Waals surface area contributed by atoms with E-state index in [9.17, 15) is 13.7 Å². The van der Waals surface area contributed by atoms with Crippen LogP contribution in [0.4, 0.5) is 21.6 Å². The minimum atomic E-state index is -5.47. The van der Waals surface area contributed by atoms with Gasteiger partial charge in [0.05, 0.1) is 0 Å². The maximum atomic E-state index is 16.0. The van der Waals surface area contributed by atoms with Crippen molar-refractivity contribution in [1.82, 2.24) is 20.0 Å². The monoisotopic (exact) mass is 601 g/mol. The Morgan fingerprint density at radius 1 is 1.16 bits per heavy atom. The minimum absolute atomic E-state index is 0.133. The lowest BCUT2D eigenvalue weighted by atomic mass is 9.87. The number of alkyl halides is 1. The zero-order valence-corrected chi connectivity index (χ0v) is 21.5. The maximum absolute atomic E-state index is 16.0. The van der Waals surface area contributed by atoms with E-state index < -0.39 is 49.9 Å². The lowest BCUT2D eigenvalue weighted by Crippen LogP contribution is -2.65. The van der Waals surface area contributed by atoms with E-state index in [2.05, 4.69) is 9.38 Å². The number of benzene rings is 1. The Morgan fingerprint density at radius 3 is 2.43 bits per heavy atom. The van der Waals surface area contributed by atoms with E-state index in [1.165, 1.54) is 35.7 Å². The number of halogens is 8. The quantitative estimate of drug-likeness (QED) is 0.169. The molecule has 2 aliphatic rings. The number of carbonyl (C=O) groups is 1. The molecule has 0 bridgehead atoms. The van der Waals surface area contributed by atoms with Gasteiger partial charge in [-0.1, -0.05) is 74.8 Å². The topological polar surface area (TPSA) is 70.1 Å². The van der Waals surface area contributed by atoms with Gasteiger partial charge in [-0.2, -0.15) is 8.78 Å². The first-order valence-electron chi connectivity index (χ1n) is 10.2. The first-order valence-corrected chi connectivity index (χ1v) is 12.7. The Hall–Kier alpha value is -2.42. The Morgan fingerprint density at radius 2 is 1.84 bits per heavy atom. The fraction of sp³-hybridized carbons (Fsp3) is 0.190. The summed E-state index contributed by atoms with van der Waals surface area (Å²) in [6, 6.07) is 1.65. The molecular formula is C21H15Cl3F5N5O2S. The number of aryl methyl sites for hydroxylation is 1. The molecule has 7 nitrogen and oxygen atoms in total. The normalized spacial score (nSPS) is 29.5. The largest absolute Gasteiger partial charge is 0.393 e. The van der Waals surface area contributed by atoms with E-state index >= 15 is 12.8 Å². The molecule has 37 heavy (non-hydrogen) atoms. The highest BCUT2D eigenvalue weighted by atomic mass is 35.5. The van der Waals surface area contributed by atoms with Crippen molar-refractivity contribution in [2.45, 2.75) is 25.0 Å². The zero-order valence-electron chi connectivity index (χ0n) is 18.4. The first-order chi connectivity index (χ1) is 17.3. The fourth-order valence-corrected chi connectivity index (χ4v) is 5.52. The number of allylic oxidation sites excluding steroid dienone is 2. The molecule has 2 aromatic rings. The molecule has 1 aromatic carbocycles. The number of amides is 1. The standard InChI is InChI=1S/C21H15Cl3F5N5O2S/c1-12-5-6-14(11-15(12)22)20(7-3-2-4-8-20)36-37(29)32-19(25)33(27)21(26,34(37)28)31-18(35)13-9-16(23)30-17(24)10-13/h2-7,9-11H,8H2,1H3,(H,31,35). The van der Waals surface area contributed by atoms with Gasteiger partial charge in [0.2, 0.25) is 11.1 Å². The summed E-state index contributed by atoms with van der Waals surface area (Å²) in [7, 11) is 0. The van der Waals surface area contributed by atoms with E-state index in [0.717, 1.165) is 12.1 Å². The van der Waals surface area contributed by atoms with Crippen LogP contribution in [-0.2, 0) is 9.78 Å². The Balaban J connectivity index is 1.73. The van der Waals surface area contributed by atoms with Crippen LogP contribution in [0.3, 0.4) is 0 Å². The van der Waals surface area contributed by atoms with E-state index in [1.807, 2.05) is 0 Å². The van der Waals surface area contributed by atoms with Gasteiger partial charge in [-0.05, 0) is 42.3 Å². The number of rotatable bonds is 5. The van der Waals surface area contributed by atoms with Crippen LogP contribution in [0.2, 0.25) is 15.3 Å². The molecule has 4 rings (SSSR count). The molecule has 1 aromatic heterocycles. The summed E-state index contributed by atoms with van der Waals surface area (Å²) >= 11 is 12.1. The smallest absolute Gasteiger partial charge is 0.284 e. The number of pyridine rings is 1. The highest BCUT2D eigenvalue weighted by Crippen LogP contribution is 2.66. The van der Waals surface area contributed by atoms with Crippen molar-refractivity contribution >= 4 is 57.9 Å². The number of hydrogen-bond acceptors (Lipinski definition) is 6. The highest BCUT2D eigenvalue weighted by molar-refractivity contribution is 8.22. The van der Waals surface area contributed by atoms with Crippen molar-refractivity contribution in [3.05, 3.63) is 86.7 Å². The number of hydrogen-bond donors (Lipinski definition) is 1. The summed E-state index contributed by atoms with van der Waals surface area (Å²) in [6.07, 6.45) is 3.24. The second-order valence-corrected chi connectivity index (χ2v) is 10.5. The molecule has 1 aliphatic heterocycles. The van der Waals surface area contributed by atoms with Gasteiger partial charge in [0, 0.05) is 21.5 Å². The maximum Gasteiger partial charge on any atom is 0.393 e. The summed E-state index contributed by atoms with van der Waals surface area (Å²) < 4.78 is 82.6. The first kappa shape index (κ1) is 27.6. The number of nitrogens with one attached hydrogen (secondary N) is 1. The number of nitrogens with zero attached hydrogens (tertiary/aromatic N) is 4. The van der Waals surface area contributed by atoms with Crippen LogP contribution < -0.4 is 5.32 Å². The molecule has 1 aliphatic carbocycles. The predicted molar refractivity (Wildman–Crippen MR) is 131 cm³/mol. The average molecular weight is 603 g/mol. The highest BCUT2D eigenvalue weighted by Gasteiger charge is 2.64. The van der Waals surface area contributed by atoms with Gasteiger partial charge in [0.15, 0.2) is 0 Å². The van der Waals surface area contributed by atoms with Gasteiger partial charge < -0.3 is 0 Å². The van der Waals surface area contributed by atoms with Gasteiger partial charge in [-0.3, -0.25) is 14.3 Å². The summed E-state index contributed by atoms with van der Waals surface area (Å²) in [4.78, 5) is 16.1. The van der Waals surface area contributed by atoms with Crippen molar-refractivity contribution in [2.24, 2.45) is 4.40 Å². The van der Waals surface area contributed by atoms with Crippen LogP contribution in [0.5, 0.6) is 0 Å². The molecule has 2 heterocycles. The Labute approximate surface area is 224 Å². The SMILES string of the molecule is Cc1ccc(C2(OS3(F)N=C(F)N(F)C(F)(NC(=O)c4cc(Cl)nc(Cl)c4)N3F)C=CC=CC2)cc1Cl. The molecule has 0 saturated heterocycles. The third kappa shape index (κ3) is 5.16. The van der Waals surface area contributed by atoms with Gasteiger partial charge in [-0.25, -0.2) is 4.98 Å². The number of amidine groups is 1. The Bertz CT molecular complexity index is 1330. The van der Waals surface area contributed by atoms with E-state index in [-0.39, 0.29) is 27.3 Å². The molecule has 3 atom stereocenters. The van der Waals surface area contributed by atoms with Crippen LogP contribution in [0.15, 0.2) is 59.0 Å². The molecule has 1 amide bonds. The van der Waals surface area contributed by atoms with Gasteiger partial charge >= 0.3 is 12.1 Å². The Kier molecular flexibility index (Phi) is 7.49. The average Bonchev–Trinajstić information content (AvgIpc) is 2.83. The summed E-state index contributed by atoms with van der Waals surface area (Å²) in [6.45, 7) is 1.70. The molecule has 0 radical (unpaired) electrons. The van der Waals surface area contributed by atoms with Crippen LogP contribution in [-0.4, -0.2) is 32.7 Å². The van der Waals surface area contributed by atoms with Crippen molar-refractivity contribution < 1.29 is 30.6 Å². The molecule has 198 valence electrons. The van der Waals surface area contributed by atoms with E-state index in [1.54, 1.807) is 19.1 Å². The van der Waals surface area contributed by atoms with Crippen LogP contribution in [0.25, 0.3) is 0 Å². The number of aromatic nitrogens is 1. The molecule has 0 spiro atoms. The van der Waals surface area contributed by atoms with Crippen LogP contribution in [0, 0.1) is 6.92 Å². The lowest BCUT2D eigenvalue weighted by Gasteiger charge is -2.46. The van der Waals surface area contributed by atoms with Crippen molar-refractivity contribution in [3.8, 4) is 0 Å². The van der Waals surface area contributed by atoms with Gasteiger partial charge in [-0.15, -0.1) is 12.8 Å². The minimum Gasteiger partial charge on any atom is -0.284 e.